The topological polar surface area (TPSA) is 64.1 Å². The predicted molar refractivity (Wildman–Crippen MR) is 100 cm³/mol. The minimum absolute atomic E-state index is 0.0574. The molecule has 1 N–H and O–H groups in total. The van der Waals surface area contributed by atoms with E-state index in [1.807, 2.05) is 12.1 Å². The van der Waals surface area contributed by atoms with Crippen LogP contribution in [-0.4, -0.2) is 28.5 Å². The van der Waals surface area contributed by atoms with Crippen molar-refractivity contribution in [2.75, 3.05) is 17.7 Å². The number of ether oxygens (including phenoxy) is 1. The van der Waals surface area contributed by atoms with Gasteiger partial charge >= 0.3 is 0 Å². The van der Waals surface area contributed by atoms with Crippen LogP contribution < -0.4 is 10.1 Å². The van der Waals surface area contributed by atoms with Crippen LogP contribution in [0, 0.1) is 0 Å². The van der Waals surface area contributed by atoms with Crippen LogP contribution in [0.5, 0.6) is 5.75 Å². The third-order valence-electron chi connectivity index (χ3n) is 3.28. The first-order chi connectivity index (χ1) is 11.6. The largest absolute Gasteiger partial charge is 0.494 e. The van der Waals surface area contributed by atoms with E-state index < -0.39 is 0 Å². The molecule has 1 aromatic heterocycles. The molecule has 1 amide bonds. The number of amides is 1. The SMILES string of the molecule is CCSc1nnc(NC(=O)CCCOc2ccc(C(C)C)cc2)s1. The summed E-state index contributed by atoms with van der Waals surface area (Å²) in [5.41, 5.74) is 1.29. The molecule has 0 aliphatic heterocycles. The second kappa shape index (κ2) is 9.64. The standard InChI is InChI=1S/C17H23N3O2S2/c1-4-23-17-20-19-16(24-17)18-15(21)6-5-11-22-14-9-7-13(8-10-14)12(2)3/h7-10,12H,4-6,11H2,1-3H3,(H,18,19,21). The zero-order valence-electron chi connectivity index (χ0n) is 14.2. The molecule has 1 aromatic carbocycles. The fraction of sp³-hybridized carbons (Fsp3) is 0.471. The summed E-state index contributed by atoms with van der Waals surface area (Å²) in [5.74, 6) is 2.24. The monoisotopic (exact) mass is 365 g/mol. The molecule has 130 valence electrons. The number of thioether (sulfide) groups is 1. The summed E-state index contributed by atoms with van der Waals surface area (Å²) >= 11 is 3.02. The number of hydrogen-bond acceptors (Lipinski definition) is 6. The molecule has 24 heavy (non-hydrogen) atoms. The molecule has 0 aliphatic carbocycles. The average molecular weight is 366 g/mol. The fourth-order valence-corrected chi connectivity index (χ4v) is 3.66. The maximum absolute atomic E-state index is 11.9. The summed E-state index contributed by atoms with van der Waals surface area (Å²) in [6.45, 7) is 6.90. The van der Waals surface area contributed by atoms with E-state index in [4.69, 9.17) is 4.74 Å². The molecule has 0 spiro atoms. The van der Waals surface area contributed by atoms with Crippen LogP contribution in [-0.2, 0) is 4.79 Å². The van der Waals surface area contributed by atoms with Gasteiger partial charge in [-0.05, 0) is 35.8 Å². The lowest BCUT2D eigenvalue weighted by Crippen LogP contribution is -2.12. The lowest BCUT2D eigenvalue weighted by Gasteiger charge is -2.08. The molecule has 0 saturated carbocycles. The van der Waals surface area contributed by atoms with Gasteiger partial charge < -0.3 is 10.1 Å². The van der Waals surface area contributed by atoms with E-state index in [0.29, 0.717) is 30.5 Å². The first-order valence-electron chi connectivity index (χ1n) is 8.07. The van der Waals surface area contributed by atoms with Gasteiger partial charge in [0.2, 0.25) is 11.0 Å². The van der Waals surface area contributed by atoms with Crippen LogP contribution in [0.25, 0.3) is 0 Å². The summed E-state index contributed by atoms with van der Waals surface area (Å²) in [7, 11) is 0. The Labute approximate surface area is 151 Å². The van der Waals surface area contributed by atoms with Crippen molar-refractivity contribution in [1.29, 1.82) is 0 Å². The van der Waals surface area contributed by atoms with Gasteiger partial charge in [0, 0.05) is 6.42 Å². The minimum Gasteiger partial charge on any atom is -0.494 e. The van der Waals surface area contributed by atoms with E-state index >= 15 is 0 Å². The van der Waals surface area contributed by atoms with Gasteiger partial charge in [0.1, 0.15) is 5.75 Å². The Morgan fingerprint density at radius 1 is 1.29 bits per heavy atom. The van der Waals surface area contributed by atoms with E-state index in [9.17, 15) is 4.79 Å². The van der Waals surface area contributed by atoms with Gasteiger partial charge in [-0.15, -0.1) is 10.2 Å². The molecule has 0 fully saturated rings. The molecule has 0 atom stereocenters. The zero-order chi connectivity index (χ0) is 17.4. The van der Waals surface area contributed by atoms with Crippen molar-refractivity contribution in [3.63, 3.8) is 0 Å². The lowest BCUT2D eigenvalue weighted by molar-refractivity contribution is -0.116. The van der Waals surface area contributed by atoms with E-state index in [2.05, 4.69) is 48.4 Å². The van der Waals surface area contributed by atoms with Crippen molar-refractivity contribution >= 4 is 34.1 Å². The van der Waals surface area contributed by atoms with Gasteiger partial charge in [-0.3, -0.25) is 4.79 Å². The molecular formula is C17H23N3O2S2. The van der Waals surface area contributed by atoms with Gasteiger partial charge in [-0.1, -0.05) is 56.0 Å². The summed E-state index contributed by atoms with van der Waals surface area (Å²) in [5, 5.41) is 11.3. The number of benzene rings is 1. The van der Waals surface area contributed by atoms with Crippen LogP contribution in [0.15, 0.2) is 28.6 Å². The molecule has 1 heterocycles. The molecule has 0 unspecified atom stereocenters. The highest BCUT2D eigenvalue weighted by Gasteiger charge is 2.08. The van der Waals surface area contributed by atoms with Crippen LogP contribution in [0.3, 0.4) is 0 Å². The van der Waals surface area contributed by atoms with Crippen LogP contribution in [0.2, 0.25) is 0 Å². The Balaban J connectivity index is 1.66. The second-order valence-corrected chi connectivity index (χ2v) is 8.02. The summed E-state index contributed by atoms with van der Waals surface area (Å²) in [4.78, 5) is 11.9. The smallest absolute Gasteiger partial charge is 0.226 e. The Bertz CT molecular complexity index is 642. The normalized spacial score (nSPS) is 10.8. The second-order valence-electron chi connectivity index (χ2n) is 5.53. The Hall–Kier alpha value is -1.60. The molecule has 0 radical (unpaired) electrons. The van der Waals surface area contributed by atoms with Crippen molar-refractivity contribution in [3.05, 3.63) is 29.8 Å². The number of hydrogen-bond donors (Lipinski definition) is 1. The lowest BCUT2D eigenvalue weighted by atomic mass is 10.0. The van der Waals surface area contributed by atoms with Gasteiger partial charge in [0.25, 0.3) is 0 Å². The highest BCUT2D eigenvalue weighted by atomic mass is 32.2. The molecule has 5 nitrogen and oxygen atoms in total. The van der Waals surface area contributed by atoms with Gasteiger partial charge in [0.15, 0.2) is 4.34 Å². The number of carbonyl (C=O) groups excluding carboxylic acids is 1. The first-order valence-corrected chi connectivity index (χ1v) is 9.87. The number of anilines is 1. The van der Waals surface area contributed by atoms with E-state index in [1.165, 1.54) is 16.9 Å². The summed E-state index contributed by atoms with van der Waals surface area (Å²) in [6, 6.07) is 8.11. The Morgan fingerprint density at radius 3 is 2.71 bits per heavy atom. The molecule has 0 bridgehead atoms. The van der Waals surface area contributed by atoms with Crippen LogP contribution >= 0.6 is 23.1 Å². The number of aromatic nitrogens is 2. The molecule has 0 saturated heterocycles. The summed E-state index contributed by atoms with van der Waals surface area (Å²) < 4.78 is 6.54. The third kappa shape index (κ3) is 6.13. The average Bonchev–Trinajstić information content (AvgIpc) is 2.99. The maximum Gasteiger partial charge on any atom is 0.226 e. The van der Waals surface area contributed by atoms with Gasteiger partial charge in [0.05, 0.1) is 6.61 Å². The van der Waals surface area contributed by atoms with Crippen molar-refractivity contribution < 1.29 is 9.53 Å². The van der Waals surface area contributed by atoms with E-state index in [-0.39, 0.29) is 5.91 Å². The van der Waals surface area contributed by atoms with Gasteiger partial charge in [-0.25, -0.2) is 0 Å². The van der Waals surface area contributed by atoms with Crippen molar-refractivity contribution in [3.8, 4) is 5.75 Å². The minimum atomic E-state index is -0.0574. The number of nitrogens with zero attached hydrogens (tertiary/aromatic N) is 2. The molecule has 2 aromatic rings. The highest BCUT2D eigenvalue weighted by Crippen LogP contribution is 2.25. The molecular weight excluding hydrogens is 342 g/mol. The molecule has 2 rings (SSSR count). The third-order valence-corrected chi connectivity index (χ3v) is 5.14. The molecule has 0 aliphatic rings. The fourth-order valence-electron chi connectivity index (χ4n) is 2.00. The zero-order valence-corrected chi connectivity index (χ0v) is 15.9. The van der Waals surface area contributed by atoms with E-state index in [1.54, 1.807) is 11.8 Å². The van der Waals surface area contributed by atoms with E-state index in [0.717, 1.165) is 15.8 Å². The Kier molecular flexibility index (Phi) is 7.52. The molecule has 7 heteroatoms. The van der Waals surface area contributed by atoms with Gasteiger partial charge in [-0.2, -0.15) is 0 Å². The van der Waals surface area contributed by atoms with Crippen molar-refractivity contribution in [2.45, 2.75) is 43.9 Å². The maximum atomic E-state index is 11.9. The van der Waals surface area contributed by atoms with Crippen molar-refractivity contribution in [1.82, 2.24) is 10.2 Å². The predicted octanol–water partition coefficient (Wildman–Crippen LogP) is 4.57. The Morgan fingerprint density at radius 2 is 2.04 bits per heavy atom. The quantitative estimate of drug-likeness (QED) is 0.400. The van der Waals surface area contributed by atoms with Crippen LogP contribution in [0.1, 0.15) is 45.1 Å². The van der Waals surface area contributed by atoms with Crippen LogP contribution in [0.4, 0.5) is 5.13 Å². The summed E-state index contributed by atoms with van der Waals surface area (Å²) in [6.07, 6.45) is 1.06. The highest BCUT2D eigenvalue weighted by molar-refractivity contribution is 8.01. The number of nitrogens with one attached hydrogen (secondary N) is 1. The number of rotatable bonds is 9. The first kappa shape index (κ1) is 18.7. The van der Waals surface area contributed by atoms with Crippen molar-refractivity contribution in [2.24, 2.45) is 0 Å². The number of carbonyl (C=O) groups is 1.